The van der Waals surface area contributed by atoms with Crippen molar-refractivity contribution >= 4 is 23.2 Å². The maximum absolute atomic E-state index is 12.1. The number of methoxy groups -OCH3 is 1. The molecule has 0 aliphatic carbocycles. The Morgan fingerprint density at radius 3 is 2.17 bits per heavy atom. The molecule has 0 fully saturated rings. The summed E-state index contributed by atoms with van der Waals surface area (Å²) in [6.45, 7) is 3.98. The molecule has 126 valence electrons. The van der Waals surface area contributed by atoms with Crippen molar-refractivity contribution in [2.45, 2.75) is 20.3 Å². The van der Waals surface area contributed by atoms with Crippen molar-refractivity contribution in [3.63, 3.8) is 0 Å². The van der Waals surface area contributed by atoms with Crippen molar-refractivity contribution in [2.24, 2.45) is 5.92 Å². The highest BCUT2D eigenvalue weighted by Gasteiger charge is 2.08. The van der Waals surface area contributed by atoms with Crippen molar-refractivity contribution in [2.75, 3.05) is 17.7 Å². The summed E-state index contributed by atoms with van der Waals surface area (Å²) >= 11 is 0. The monoisotopic (exact) mass is 327 g/mol. The minimum absolute atomic E-state index is 0.0221. The van der Waals surface area contributed by atoms with E-state index in [2.05, 4.69) is 15.6 Å². The van der Waals surface area contributed by atoms with E-state index < -0.39 is 0 Å². The second-order valence-electron chi connectivity index (χ2n) is 5.77. The lowest BCUT2D eigenvalue weighted by Crippen LogP contribution is -2.14. The van der Waals surface area contributed by atoms with Crippen LogP contribution in [-0.2, 0) is 4.79 Å². The standard InChI is InChI=1S/C18H21N3O3/c1-12(2)10-16(22)20-14-5-7-15(8-6-14)21-18(23)13-4-9-17(24-3)19-11-13/h4-9,11-12H,10H2,1-3H3,(H,20,22)(H,21,23). The number of nitrogens with zero attached hydrogens (tertiary/aromatic N) is 1. The number of nitrogens with one attached hydrogen (secondary N) is 2. The number of hydrogen-bond acceptors (Lipinski definition) is 4. The summed E-state index contributed by atoms with van der Waals surface area (Å²) in [4.78, 5) is 27.9. The molecule has 1 aromatic carbocycles. The highest BCUT2D eigenvalue weighted by molar-refractivity contribution is 6.04. The van der Waals surface area contributed by atoms with Crippen LogP contribution in [0.1, 0.15) is 30.6 Å². The lowest BCUT2D eigenvalue weighted by Gasteiger charge is -2.09. The number of carbonyl (C=O) groups is 2. The Bertz CT molecular complexity index is 694. The molecule has 0 aliphatic rings. The molecule has 6 nitrogen and oxygen atoms in total. The summed E-state index contributed by atoms with van der Waals surface area (Å²) in [5.41, 5.74) is 1.77. The van der Waals surface area contributed by atoms with E-state index in [0.717, 1.165) is 0 Å². The molecule has 2 amide bonds. The molecule has 0 atom stereocenters. The molecule has 0 saturated carbocycles. The summed E-state index contributed by atoms with van der Waals surface area (Å²) in [5.74, 6) is 0.475. The quantitative estimate of drug-likeness (QED) is 0.853. The Kier molecular flexibility index (Phi) is 5.89. The maximum Gasteiger partial charge on any atom is 0.257 e. The molecule has 2 N–H and O–H groups in total. The molecule has 24 heavy (non-hydrogen) atoms. The summed E-state index contributed by atoms with van der Waals surface area (Å²) in [6.07, 6.45) is 1.93. The number of benzene rings is 1. The first kappa shape index (κ1) is 17.5. The van der Waals surface area contributed by atoms with Gasteiger partial charge < -0.3 is 15.4 Å². The Morgan fingerprint density at radius 1 is 1.04 bits per heavy atom. The summed E-state index contributed by atoms with van der Waals surface area (Å²) in [5, 5.41) is 5.60. The predicted octanol–water partition coefficient (Wildman–Crippen LogP) is 3.33. The first-order valence-electron chi connectivity index (χ1n) is 7.69. The average Bonchev–Trinajstić information content (AvgIpc) is 2.56. The van der Waals surface area contributed by atoms with Crippen LogP contribution >= 0.6 is 0 Å². The van der Waals surface area contributed by atoms with Crippen molar-refractivity contribution in [3.05, 3.63) is 48.2 Å². The Hall–Kier alpha value is -2.89. The molecule has 2 aromatic rings. The Labute approximate surface area is 141 Å². The molecule has 1 aromatic heterocycles. The fourth-order valence-electron chi connectivity index (χ4n) is 2.06. The van der Waals surface area contributed by atoms with E-state index in [9.17, 15) is 9.59 Å². The van der Waals surface area contributed by atoms with Crippen molar-refractivity contribution in [1.82, 2.24) is 4.98 Å². The fraction of sp³-hybridized carbons (Fsp3) is 0.278. The summed E-state index contributed by atoms with van der Waals surface area (Å²) in [6, 6.07) is 10.2. The van der Waals surface area contributed by atoms with Gasteiger partial charge in [0.05, 0.1) is 12.7 Å². The maximum atomic E-state index is 12.1. The van der Waals surface area contributed by atoms with Gasteiger partial charge in [0.25, 0.3) is 5.91 Å². The van der Waals surface area contributed by atoms with E-state index in [-0.39, 0.29) is 11.8 Å². The fourth-order valence-corrected chi connectivity index (χ4v) is 2.06. The van der Waals surface area contributed by atoms with E-state index in [1.54, 1.807) is 36.4 Å². The molecule has 0 unspecified atom stereocenters. The van der Waals surface area contributed by atoms with Crippen LogP contribution in [0.15, 0.2) is 42.6 Å². The largest absolute Gasteiger partial charge is 0.481 e. The Balaban J connectivity index is 1.95. The molecule has 0 aliphatic heterocycles. The van der Waals surface area contributed by atoms with E-state index in [1.165, 1.54) is 13.3 Å². The number of carbonyl (C=O) groups excluding carboxylic acids is 2. The highest BCUT2D eigenvalue weighted by atomic mass is 16.5. The first-order valence-corrected chi connectivity index (χ1v) is 7.69. The topological polar surface area (TPSA) is 80.3 Å². The molecule has 0 bridgehead atoms. The van der Waals surface area contributed by atoms with Gasteiger partial charge in [0.2, 0.25) is 11.8 Å². The highest BCUT2D eigenvalue weighted by Crippen LogP contribution is 2.16. The normalized spacial score (nSPS) is 10.3. The lowest BCUT2D eigenvalue weighted by molar-refractivity contribution is -0.116. The number of hydrogen-bond donors (Lipinski definition) is 2. The van der Waals surface area contributed by atoms with Crippen LogP contribution in [0.25, 0.3) is 0 Å². The van der Waals surface area contributed by atoms with Crippen LogP contribution in [-0.4, -0.2) is 23.9 Å². The van der Waals surface area contributed by atoms with Gasteiger partial charge in [-0.3, -0.25) is 9.59 Å². The lowest BCUT2D eigenvalue weighted by atomic mass is 10.1. The molecular formula is C18H21N3O3. The SMILES string of the molecule is COc1ccc(C(=O)Nc2ccc(NC(=O)CC(C)C)cc2)cn1. The van der Waals surface area contributed by atoms with Crippen LogP contribution in [0.2, 0.25) is 0 Å². The van der Waals surface area contributed by atoms with Gasteiger partial charge in [-0.1, -0.05) is 13.8 Å². The summed E-state index contributed by atoms with van der Waals surface area (Å²) < 4.78 is 4.96. The van der Waals surface area contributed by atoms with Gasteiger partial charge in [0, 0.05) is 30.1 Å². The zero-order chi connectivity index (χ0) is 17.5. The van der Waals surface area contributed by atoms with Gasteiger partial charge in [-0.2, -0.15) is 0 Å². The number of rotatable bonds is 6. The molecule has 0 radical (unpaired) electrons. The summed E-state index contributed by atoms with van der Waals surface area (Å²) in [7, 11) is 1.52. The van der Waals surface area contributed by atoms with Crippen LogP contribution in [0.3, 0.4) is 0 Å². The van der Waals surface area contributed by atoms with Crippen molar-refractivity contribution < 1.29 is 14.3 Å². The smallest absolute Gasteiger partial charge is 0.257 e. The van der Waals surface area contributed by atoms with Crippen molar-refractivity contribution in [3.8, 4) is 5.88 Å². The second-order valence-corrected chi connectivity index (χ2v) is 5.77. The zero-order valence-electron chi connectivity index (χ0n) is 14.0. The number of amides is 2. The first-order chi connectivity index (χ1) is 11.5. The van der Waals surface area contributed by atoms with Gasteiger partial charge in [0.15, 0.2) is 0 Å². The van der Waals surface area contributed by atoms with E-state index in [1.807, 2.05) is 13.8 Å². The predicted molar refractivity (Wildman–Crippen MR) is 93.3 cm³/mol. The van der Waals surface area contributed by atoms with Crippen molar-refractivity contribution in [1.29, 1.82) is 0 Å². The molecule has 0 spiro atoms. The van der Waals surface area contributed by atoms with Gasteiger partial charge in [-0.25, -0.2) is 4.98 Å². The number of ether oxygens (including phenoxy) is 1. The number of pyridine rings is 1. The van der Waals surface area contributed by atoms with Gasteiger partial charge in [-0.15, -0.1) is 0 Å². The average molecular weight is 327 g/mol. The molecular weight excluding hydrogens is 306 g/mol. The van der Waals surface area contributed by atoms with Gasteiger partial charge in [0.1, 0.15) is 0 Å². The third kappa shape index (κ3) is 5.08. The molecule has 1 heterocycles. The third-order valence-corrected chi connectivity index (χ3v) is 3.23. The van der Waals surface area contributed by atoms with Gasteiger partial charge in [-0.05, 0) is 36.2 Å². The Morgan fingerprint density at radius 2 is 1.67 bits per heavy atom. The third-order valence-electron chi connectivity index (χ3n) is 3.23. The minimum atomic E-state index is -0.262. The van der Waals surface area contributed by atoms with Crippen LogP contribution in [0, 0.1) is 5.92 Å². The molecule has 0 saturated heterocycles. The van der Waals surface area contributed by atoms with Gasteiger partial charge >= 0.3 is 0 Å². The number of anilines is 2. The zero-order valence-corrected chi connectivity index (χ0v) is 14.0. The van der Waals surface area contributed by atoms with Crippen LogP contribution in [0.5, 0.6) is 5.88 Å². The van der Waals surface area contributed by atoms with E-state index in [0.29, 0.717) is 35.2 Å². The van der Waals surface area contributed by atoms with Crippen LogP contribution < -0.4 is 15.4 Å². The minimum Gasteiger partial charge on any atom is -0.481 e. The molecule has 6 heteroatoms. The van der Waals surface area contributed by atoms with Crippen LogP contribution in [0.4, 0.5) is 11.4 Å². The molecule has 2 rings (SSSR count). The van der Waals surface area contributed by atoms with E-state index in [4.69, 9.17) is 4.74 Å². The number of aromatic nitrogens is 1. The van der Waals surface area contributed by atoms with E-state index >= 15 is 0 Å². The second kappa shape index (κ2) is 8.10.